The first-order chi connectivity index (χ1) is 7.44. The van der Waals surface area contributed by atoms with Crippen LogP contribution < -0.4 is 4.18 Å². The molecule has 0 aliphatic rings. The van der Waals surface area contributed by atoms with Crippen molar-refractivity contribution in [2.45, 2.75) is 13.3 Å². The predicted octanol–water partition coefficient (Wildman–Crippen LogP) is 1.50. The van der Waals surface area contributed by atoms with E-state index in [1.54, 1.807) is 6.92 Å². The number of carboxylic acid groups (broad SMARTS) is 1. The quantitative estimate of drug-likeness (QED) is 0.794. The number of benzene rings is 1. The standard InChI is InChI=1S/C10H12O5S/c1-2-7-16(13,14)15-9-5-3-8(4-6-9)10(11)12/h3-6H,2,7H2,1H3,(H,11,12). The van der Waals surface area contributed by atoms with Gasteiger partial charge in [-0.1, -0.05) is 6.92 Å². The van der Waals surface area contributed by atoms with Gasteiger partial charge in [-0.2, -0.15) is 8.42 Å². The molecule has 0 heterocycles. The average Bonchev–Trinajstić information content (AvgIpc) is 2.17. The zero-order valence-corrected chi connectivity index (χ0v) is 9.53. The van der Waals surface area contributed by atoms with E-state index in [4.69, 9.17) is 9.29 Å². The molecule has 0 bridgehead atoms. The van der Waals surface area contributed by atoms with E-state index < -0.39 is 16.1 Å². The fraction of sp³-hybridized carbons (Fsp3) is 0.300. The van der Waals surface area contributed by atoms with Gasteiger partial charge in [-0.25, -0.2) is 4.79 Å². The molecule has 1 aromatic carbocycles. The molecule has 16 heavy (non-hydrogen) atoms. The fourth-order valence-corrected chi connectivity index (χ4v) is 2.08. The smallest absolute Gasteiger partial charge is 0.335 e. The van der Waals surface area contributed by atoms with Gasteiger partial charge in [0.05, 0.1) is 11.3 Å². The van der Waals surface area contributed by atoms with Gasteiger partial charge in [0.2, 0.25) is 0 Å². The van der Waals surface area contributed by atoms with Crippen LogP contribution >= 0.6 is 0 Å². The SMILES string of the molecule is CCCS(=O)(=O)Oc1ccc(C(=O)O)cc1. The summed E-state index contributed by atoms with van der Waals surface area (Å²) in [4.78, 5) is 10.5. The molecule has 6 heteroatoms. The lowest BCUT2D eigenvalue weighted by molar-refractivity contribution is 0.0697. The van der Waals surface area contributed by atoms with Gasteiger partial charge in [0, 0.05) is 0 Å². The molecule has 0 radical (unpaired) electrons. The second kappa shape index (κ2) is 4.98. The number of aromatic carboxylic acids is 1. The van der Waals surface area contributed by atoms with E-state index in [1.165, 1.54) is 24.3 Å². The van der Waals surface area contributed by atoms with Crippen LogP contribution in [0, 0.1) is 0 Å². The Hall–Kier alpha value is -1.56. The molecule has 0 aliphatic heterocycles. The molecule has 0 atom stereocenters. The minimum absolute atomic E-state index is 0.0618. The molecule has 0 unspecified atom stereocenters. The largest absolute Gasteiger partial charge is 0.478 e. The molecule has 88 valence electrons. The van der Waals surface area contributed by atoms with Crippen LogP contribution in [0.25, 0.3) is 0 Å². The van der Waals surface area contributed by atoms with Gasteiger partial charge in [-0.05, 0) is 30.7 Å². The van der Waals surface area contributed by atoms with Gasteiger partial charge in [-0.3, -0.25) is 0 Å². The summed E-state index contributed by atoms with van der Waals surface area (Å²) < 4.78 is 27.3. The topological polar surface area (TPSA) is 80.7 Å². The van der Waals surface area contributed by atoms with E-state index in [0.29, 0.717) is 6.42 Å². The van der Waals surface area contributed by atoms with E-state index >= 15 is 0 Å². The van der Waals surface area contributed by atoms with E-state index in [9.17, 15) is 13.2 Å². The van der Waals surface area contributed by atoms with Crippen LogP contribution in [0.2, 0.25) is 0 Å². The summed E-state index contributed by atoms with van der Waals surface area (Å²) in [6, 6.07) is 5.21. The number of carbonyl (C=O) groups is 1. The molecule has 1 rings (SSSR count). The fourth-order valence-electron chi connectivity index (χ4n) is 1.09. The van der Waals surface area contributed by atoms with Crippen LogP contribution in [0.3, 0.4) is 0 Å². The zero-order valence-electron chi connectivity index (χ0n) is 8.71. The number of carboxylic acids is 1. The van der Waals surface area contributed by atoms with Gasteiger partial charge in [0.25, 0.3) is 0 Å². The third kappa shape index (κ3) is 3.54. The summed E-state index contributed by atoms with van der Waals surface area (Å²) in [6.07, 6.45) is 0.468. The van der Waals surface area contributed by atoms with Crippen molar-refractivity contribution in [3.63, 3.8) is 0 Å². The molecule has 0 aliphatic carbocycles. The molecule has 0 saturated heterocycles. The maximum atomic E-state index is 11.3. The van der Waals surface area contributed by atoms with Gasteiger partial charge < -0.3 is 9.29 Å². The maximum absolute atomic E-state index is 11.3. The Morgan fingerprint density at radius 3 is 2.31 bits per heavy atom. The Labute approximate surface area is 93.8 Å². The Balaban J connectivity index is 2.80. The summed E-state index contributed by atoms with van der Waals surface area (Å²) in [5.74, 6) is -1.00. The molecule has 1 aromatic rings. The first-order valence-electron chi connectivity index (χ1n) is 4.70. The van der Waals surface area contributed by atoms with Crippen LogP contribution in [0.15, 0.2) is 24.3 Å². The molecule has 1 N–H and O–H groups in total. The molecule has 5 nitrogen and oxygen atoms in total. The highest BCUT2D eigenvalue weighted by atomic mass is 32.2. The van der Waals surface area contributed by atoms with Crippen LogP contribution in [-0.2, 0) is 10.1 Å². The summed E-state index contributed by atoms with van der Waals surface area (Å²) >= 11 is 0. The monoisotopic (exact) mass is 244 g/mol. The molecular formula is C10H12O5S. The van der Waals surface area contributed by atoms with Gasteiger partial charge in [0.15, 0.2) is 0 Å². The lowest BCUT2D eigenvalue weighted by Crippen LogP contribution is -2.13. The molecule has 0 fully saturated rings. The maximum Gasteiger partial charge on any atom is 0.335 e. The minimum atomic E-state index is -3.57. The first kappa shape index (κ1) is 12.5. The van der Waals surface area contributed by atoms with Gasteiger partial charge in [0.1, 0.15) is 5.75 Å². The highest BCUT2D eigenvalue weighted by Gasteiger charge is 2.11. The van der Waals surface area contributed by atoms with Crippen LogP contribution in [0.5, 0.6) is 5.75 Å². The first-order valence-corrected chi connectivity index (χ1v) is 6.28. The molecule has 0 amide bonds. The number of rotatable bonds is 5. The van der Waals surface area contributed by atoms with E-state index in [0.717, 1.165) is 0 Å². The molecule has 0 aromatic heterocycles. The average molecular weight is 244 g/mol. The van der Waals surface area contributed by atoms with Crippen molar-refractivity contribution < 1.29 is 22.5 Å². The minimum Gasteiger partial charge on any atom is -0.478 e. The lowest BCUT2D eigenvalue weighted by Gasteiger charge is -2.05. The Kier molecular flexibility index (Phi) is 3.89. The van der Waals surface area contributed by atoms with Crippen molar-refractivity contribution in [2.24, 2.45) is 0 Å². The van der Waals surface area contributed by atoms with Crippen LogP contribution in [0.4, 0.5) is 0 Å². The predicted molar refractivity (Wildman–Crippen MR) is 58.1 cm³/mol. The second-order valence-corrected chi connectivity index (χ2v) is 4.86. The lowest BCUT2D eigenvalue weighted by atomic mass is 10.2. The number of hydrogen-bond donors (Lipinski definition) is 1. The number of hydrogen-bond acceptors (Lipinski definition) is 4. The summed E-state index contributed by atoms with van der Waals surface area (Å²) in [6.45, 7) is 1.73. The molecular weight excluding hydrogens is 232 g/mol. The van der Waals surface area contributed by atoms with Crippen molar-refractivity contribution in [1.29, 1.82) is 0 Å². The van der Waals surface area contributed by atoms with Crippen molar-refractivity contribution >= 4 is 16.1 Å². The highest BCUT2D eigenvalue weighted by Crippen LogP contribution is 2.14. The van der Waals surface area contributed by atoms with Crippen molar-refractivity contribution in [1.82, 2.24) is 0 Å². The summed E-state index contributed by atoms with van der Waals surface area (Å²) in [7, 11) is -3.57. The van der Waals surface area contributed by atoms with Gasteiger partial charge in [-0.15, -0.1) is 0 Å². The van der Waals surface area contributed by atoms with Crippen molar-refractivity contribution in [2.75, 3.05) is 5.75 Å². The van der Waals surface area contributed by atoms with E-state index in [2.05, 4.69) is 0 Å². The van der Waals surface area contributed by atoms with Gasteiger partial charge >= 0.3 is 16.1 Å². The van der Waals surface area contributed by atoms with Crippen molar-refractivity contribution in [3.8, 4) is 5.75 Å². The van der Waals surface area contributed by atoms with E-state index in [-0.39, 0.29) is 17.1 Å². The molecule has 0 saturated carbocycles. The third-order valence-electron chi connectivity index (χ3n) is 1.78. The summed E-state index contributed by atoms with van der Waals surface area (Å²) in [5.41, 5.74) is 0.0836. The normalized spacial score (nSPS) is 11.1. The van der Waals surface area contributed by atoms with Crippen molar-refractivity contribution in [3.05, 3.63) is 29.8 Å². The Morgan fingerprint density at radius 1 is 1.31 bits per heavy atom. The third-order valence-corrected chi connectivity index (χ3v) is 3.13. The second-order valence-electron chi connectivity index (χ2n) is 3.17. The van der Waals surface area contributed by atoms with Crippen LogP contribution in [-0.4, -0.2) is 25.2 Å². The summed E-state index contributed by atoms with van der Waals surface area (Å²) in [5, 5.41) is 8.63. The van der Waals surface area contributed by atoms with Crippen LogP contribution in [0.1, 0.15) is 23.7 Å². The highest BCUT2D eigenvalue weighted by molar-refractivity contribution is 7.87. The van der Waals surface area contributed by atoms with E-state index in [1.807, 2.05) is 0 Å². The Morgan fingerprint density at radius 2 is 1.88 bits per heavy atom. The molecule has 0 spiro atoms. The zero-order chi connectivity index (χ0) is 12.2. The Bertz CT molecular complexity index is 460.